The molecule has 152 valence electrons. The van der Waals surface area contributed by atoms with Crippen molar-refractivity contribution >= 4 is 34.1 Å². The van der Waals surface area contributed by atoms with Crippen molar-refractivity contribution in [3.05, 3.63) is 106 Å². The summed E-state index contributed by atoms with van der Waals surface area (Å²) in [4.78, 5) is 8.35. The molecule has 0 aliphatic carbocycles. The third kappa shape index (κ3) is 3.83. The molecule has 0 radical (unpaired) electrons. The van der Waals surface area contributed by atoms with Crippen molar-refractivity contribution in [3.63, 3.8) is 0 Å². The summed E-state index contributed by atoms with van der Waals surface area (Å²) in [7, 11) is 0. The Kier molecular flexibility index (Phi) is 5.01. The number of aromatic amines is 1. The van der Waals surface area contributed by atoms with Gasteiger partial charge in [-0.25, -0.2) is 18.4 Å². The summed E-state index contributed by atoms with van der Waals surface area (Å²) in [6.45, 7) is 0. The van der Waals surface area contributed by atoms with Crippen molar-refractivity contribution in [3.8, 4) is 11.3 Å². The second-order valence-electron chi connectivity index (χ2n) is 6.82. The highest BCUT2D eigenvalue weighted by Crippen LogP contribution is 2.24. The molecule has 0 amide bonds. The number of para-hydroxylation sites is 1. The van der Waals surface area contributed by atoms with Crippen LogP contribution >= 0.6 is 11.3 Å². The highest BCUT2D eigenvalue weighted by Gasteiger charge is 2.12. The van der Waals surface area contributed by atoms with Crippen molar-refractivity contribution in [2.45, 2.75) is 0 Å². The number of thiazole rings is 1. The lowest BCUT2D eigenvalue weighted by molar-refractivity contribution is 0.627. The molecule has 0 atom stereocenters. The molecule has 5 rings (SSSR count). The van der Waals surface area contributed by atoms with E-state index in [0.717, 1.165) is 16.5 Å². The van der Waals surface area contributed by atoms with Crippen LogP contribution in [0.5, 0.6) is 0 Å². The Morgan fingerprint density at radius 1 is 0.903 bits per heavy atom. The Balaban J connectivity index is 1.66. The monoisotopic (exact) mass is 430 g/mol. The second kappa shape index (κ2) is 8.12. The molecule has 3 aromatic carbocycles. The maximum Gasteiger partial charge on any atom is 0.211 e. The number of nitrogens with zero attached hydrogens (tertiary/aromatic N) is 3. The van der Waals surface area contributed by atoms with E-state index in [1.807, 2.05) is 35.8 Å². The summed E-state index contributed by atoms with van der Waals surface area (Å²) in [5, 5.41) is 7.48. The highest BCUT2D eigenvalue weighted by molar-refractivity contribution is 7.07. The minimum atomic E-state index is -0.343. The molecule has 2 heterocycles. The third-order valence-electron chi connectivity index (χ3n) is 4.82. The molecule has 2 aromatic heterocycles. The number of H-pyrrole nitrogens is 1. The highest BCUT2D eigenvalue weighted by atomic mass is 32.1. The maximum atomic E-state index is 14.5. The third-order valence-corrected chi connectivity index (χ3v) is 5.64. The number of halogens is 2. The Morgan fingerprint density at radius 3 is 2.52 bits per heavy atom. The largest absolute Gasteiger partial charge is 0.361 e. The van der Waals surface area contributed by atoms with E-state index in [1.165, 1.54) is 29.5 Å². The van der Waals surface area contributed by atoms with Gasteiger partial charge in [-0.2, -0.15) is 5.10 Å². The van der Waals surface area contributed by atoms with E-state index in [9.17, 15) is 8.78 Å². The van der Waals surface area contributed by atoms with Gasteiger partial charge in [-0.05, 0) is 42.5 Å². The zero-order valence-electron chi connectivity index (χ0n) is 16.2. The van der Waals surface area contributed by atoms with E-state index < -0.39 is 0 Å². The van der Waals surface area contributed by atoms with Crippen molar-refractivity contribution in [1.82, 2.24) is 9.66 Å². The van der Waals surface area contributed by atoms with Crippen LogP contribution < -0.4 is 4.80 Å². The number of fused-ring (bicyclic) bond motifs is 1. The summed E-state index contributed by atoms with van der Waals surface area (Å²) in [5.74, 6) is -0.674. The number of benzene rings is 3. The number of hydrogen-bond donors (Lipinski definition) is 1. The van der Waals surface area contributed by atoms with Gasteiger partial charge >= 0.3 is 0 Å². The Hall–Kier alpha value is -3.84. The van der Waals surface area contributed by atoms with Gasteiger partial charge in [-0.1, -0.05) is 30.3 Å². The van der Waals surface area contributed by atoms with Crippen LogP contribution in [0.3, 0.4) is 0 Å². The molecule has 4 nitrogen and oxygen atoms in total. The minimum absolute atomic E-state index is 0.331. The first kappa shape index (κ1) is 19.1. The molecule has 1 N–H and O–H groups in total. The maximum absolute atomic E-state index is 14.5. The van der Waals surface area contributed by atoms with Gasteiger partial charge in [-0.15, -0.1) is 11.3 Å². The smallest absolute Gasteiger partial charge is 0.211 e. The van der Waals surface area contributed by atoms with Crippen LogP contribution in [-0.2, 0) is 0 Å². The topological polar surface area (TPSA) is 45.4 Å². The molecule has 7 heteroatoms. The lowest BCUT2D eigenvalue weighted by Gasteiger charge is -2.04. The van der Waals surface area contributed by atoms with Crippen LogP contribution in [-0.4, -0.2) is 15.9 Å². The van der Waals surface area contributed by atoms with Crippen LogP contribution in [0.1, 0.15) is 5.56 Å². The van der Waals surface area contributed by atoms with E-state index in [4.69, 9.17) is 0 Å². The summed E-state index contributed by atoms with van der Waals surface area (Å²) >= 11 is 1.33. The predicted octanol–water partition coefficient (Wildman–Crippen LogP) is 6.09. The van der Waals surface area contributed by atoms with E-state index in [1.54, 1.807) is 41.2 Å². The fraction of sp³-hybridized carbons (Fsp3) is 0. The number of hydrogen-bond acceptors (Lipinski definition) is 3. The molecule has 0 aliphatic rings. The fourth-order valence-corrected chi connectivity index (χ4v) is 4.14. The zero-order valence-corrected chi connectivity index (χ0v) is 17.0. The van der Waals surface area contributed by atoms with Gasteiger partial charge in [0.15, 0.2) is 0 Å². The molecule has 0 saturated carbocycles. The van der Waals surface area contributed by atoms with Crippen molar-refractivity contribution in [2.75, 3.05) is 0 Å². The van der Waals surface area contributed by atoms with Gasteiger partial charge in [0.2, 0.25) is 4.80 Å². The van der Waals surface area contributed by atoms with Crippen molar-refractivity contribution in [1.29, 1.82) is 0 Å². The molecular formula is C24H16F2N4S. The predicted molar refractivity (Wildman–Crippen MR) is 121 cm³/mol. The van der Waals surface area contributed by atoms with Crippen LogP contribution in [0.15, 0.2) is 94.5 Å². The average molecular weight is 430 g/mol. The SMILES string of the molecule is Fc1ccc(N=c2scc(-c3ccccc3F)n2N=Cc2c[nH]c3ccccc23)cc1. The lowest BCUT2D eigenvalue weighted by Crippen LogP contribution is -2.11. The van der Waals surface area contributed by atoms with Crippen LogP contribution in [0, 0.1) is 11.6 Å². The average Bonchev–Trinajstić information content (AvgIpc) is 3.38. The normalized spacial score (nSPS) is 12.3. The van der Waals surface area contributed by atoms with Gasteiger partial charge in [-0.3, -0.25) is 0 Å². The number of aromatic nitrogens is 2. The van der Waals surface area contributed by atoms with Crippen LogP contribution in [0.4, 0.5) is 14.5 Å². The lowest BCUT2D eigenvalue weighted by atomic mass is 10.1. The Labute approximate surface area is 180 Å². The quantitative estimate of drug-likeness (QED) is 0.335. The van der Waals surface area contributed by atoms with Gasteiger partial charge in [0.1, 0.15) is 11.6 Å². The molecule has 0 bridgehead atoms. The van der Waals surface area contributed by atoms with E-state index in [-0.39, 0.29) is 11.6 Å². The molecule has 0 aliphatic heterocycles. The Bertz CT molecular complexity index is 1460. The molecule has 31 heavy (non-hydrogen) atoms. The van der Waals surface area contributed by atoms with E-state index >= 15 is 0 Å². The van der Waals surface area contributed by atoms with Crippen LogP contribution in [0.25, 0.3) is 22.2 Å². The number of rotatable bonds is 4. The zero-order chi connectivity index (χ0) is 21.2. The summed E-state index contributed by atoms with van der Waals surface area (Å²) in [6, 6.07) is 20.3. The molecule has 0 spiro atoms. The van der Waals surface area contributed by atoms with Crippen LogP contribution in [0.2, 0.25) is 0 Å². The number of nitrogens with one attached hydrogen (secondary N) is 1. The van der Waals surface area contributed by atoms with Gasteiger partial charge in [0.05, 0.1) is 17.6 Å². The van der Waals surface area contributed by atoms with E-state index in [2.05, 4.69) is 15.1 Å². The van der Waals surface area contributed by atoms with E-state index in [0.29, 0.717) is 21.7 Å². The summed E-state index contributed by atoms with van der Waals surface area (Å²) < 4.78 is 29.4. The first-order valence-electron chi connectivity index (χ1n) is 9.55. The molecule has 5 aromatic rings. The second-order valence-corrected chi connectivity index (χ2v) is 7.65. The summed E-state index contributed by atoms with van der Waals surface area (Å²) in [6.07, 6.45) is 3.60. The molecular weight excluding hydrogens is 414 g/mol. The first-order valence-corrected chi connectivity index (χ1v) is 10.4. The first-order chi connectivity index (χ1) is 15.2. The van der Waals surface area contributed by atoms with Gasteiger partial charge < -0.3 is 4.98 Å². The molecule has 0 saturated heterocycles. The Morgan fingerprint density at radius 2 is 1.68 bits per heavy atom. The minimum Gasteiger partial charge on any atom is -0.361 e. The molecule has 0 unspecified atom stereocenters. The van der Waals surface area contributed by atoms with Gasteiger partial charge in [0, 0.05) is 33.6 Å². The van der Waals surface area contributed by atoms with Crippen molar-refractivity contribution < 1.29 is 8.78 Å². The fourth-order valence-electron chi connectivity index (χ4n) is 3.29. The van der Waals surface area contributed by atoms with Crippen molar-refractivity contribution in [2.24, 2.45) is 10.1 Å². The summed E-state index contributed by atoms with van der Waals surface area (Å²) in [5.41, 5.74) is 3.50. The van der Waals surface area contributed by atoms with Gasteiger partial charge in [0.25, 0.3) is 0 Å². The molecule has 0 fully saturated rings. The standard InChI is InChI=1S/C24H16F2N4S/c25-17-9-11-18(12-10-17)29-24-30(23(15-31-24)20-6-1-3-7-21(20)26)28-14-16-13-27-22-8-4-2-5-19(16)22/h1-15,27H.